The van der Waals surface area contributed by atoms with Gasteiger partial charge in [0.1, 0.15) is 5.75 Å². The van der Waals surface area contributed by atoms with Crippen LogP contribution in [0.4, 0.5) is 5.69 Å². The molecule has 0 saturated heterocycles. The van der Waals surface area contributed by atoms with Crippen LogP contribution < -0.4 is 15.6 Å². The first kappa shape index (κ1) is 18.4. The lowest BCUT2D eigenvalue weighted by atomic mass is 10.1. The summed E-state index contributed by atoms with van der Waals surface area (Å²) in [4.78, 5) is 33.6. The Morgan fingerprint density at radius 1 is 1.16 bits per heavy atom. The van der Waals surface area contributed by atoms with Crippen LogP contribution in [0.15, 0.2) is 46.9 Å². The summed E-state index contributed by atoms with van der Waals surface area (Å²) < 4.78 is 5.97. The van der Waals surface area contributed by atoms with Crippen LogP contribution in [0, 0.1) is 17.0 Å². The molecule has 2 aromatic rings. The molecule has 0 aliphatic carbocycles. The number of nitrogens with one attached hydrogen (secondary N) is 2. The number of non-ortho nitro benzene ring substituents is 1. The standard InChI is InChI=1S/C16H14BrN3O5/c1-10-2-3-11(8-14(10)17)16(22)19-18-15(21)9-25-13-6-4-12(5-7-13)20(23)24/h2-8H,9H2,1H3,(H,18,21)(H,19,22). The third kappa shape index (κ3) is 5.28. The average molecular weight is 408 g/mol. The fraction of sp³-hybridized carbons (Fsp3) is 0.125. The quantitative estimate of drug-likeness (QED) is 0.584. The van der Waals surface area contributed by atoms with E-state index in [0.29, 0.717) is 11.3 Å². The van der Waals surface area contributed by atoms with Crippen LogP contribution in [-0.4, -0.2) is 23.3 Å². The lowest BCUT2D eigenvalue weighted by Gasteiger charge is -2.09. The Morgan fingerprint density at radius 2 is 1.84 bits per heavy atom. The monoisotopic (exact) mass is 407 g/mol. The topological polar surface area (TPSA) is 111 Å². The van der Waals surface area contributed by atoms with Gasteiger partial charge in [0.15, 0.2) is 6.61 Å². The predicted molar refractivity (Wildman–Crippen MR) is 93.1 cm³/mol. The smallest absolute Gasteiger partial charge is 0.276 e. The Balaban J connectivity index is 1.81. The minimum absolute atomic E-state index is 0.0756. The van der Waals surface area contributed by atoms with Crippen molar-refractivity contribution in [3.63, 3.8) is 0 Å². The Labute approximate surface area is 151 Å². The molecule has 25 heavy (non-hydrogen) atoms. The van der Waals surface area contributed by atoms with Crippen molar-refractivity contribution in [1.29, 1.82) is 0 Å². The number of benzene rings is 2. The zero-order valence-corrected chi connectivity index (χ0v) is 14.7. The summed E-state index contributed by atoms with van der Waals surface area (Å²) >= 11 is 3.33. The number of aryl methyl sites for hydroxylation is 1. The molecule has 0 atom stereocenters. The SMILES string of the molecule is Cc1ccc(C(=O)NNC(=O)COc2ccc([N+](=O)[O-])cc2)cc1Br. The van der Waals surface area contributed by atoms with Crippen LogP contribution in [0.2, 0.25) is 0 Å². The van der Waals surface area contributed by atoms with E-state index in [1.165, 1.54) is 24.3 Å². The molecule has 9 heteroatoms. The van der Waals surface area contributed by atoms with Crippen LogP contribution >= 0.6 is 15.9 Å². The number of nitrogens with zero attached hydrogens (tertiary/aromatic N) is 1. The maximum atomic E-state index is 11.9. The average Bonchev–Trinajstić information content (AvgIpc) is 2.60. The van der Waals surface area contributed by atoms with Crippen molar-refractivity contribution in [2.45, 2.75) is 6.92 Å². The number of halogens is 1. The van der Waals surface area contributed by atoms with E-state index in [9.17, 15) is 19.7 Å². The number of carbonyl (C=O) groups is 2. The summed E-state index contributed by atoms with van der Waals surface area (Å²) in [7, 11) is 0. The number of nitro benzene ring substituents is 1. The molecule has 2 amide bonds. The van der Waals surface area contributed by atoms with E-state index in [4.69, 9.17) is 4.74 Å². The predicted octanol–water partition coefficient (Wildman–Crippen LogP) is 2.51. The maximum absolute atomic E-state index is 11.9. The molecule has 2 N–H and O–H groups in total. The van der Waals surface area contributed by atoms with Crippen molar-refractivity contribution in [3.05, 3.63) is 68.2 Å². The van der Waals surface area contributed by atoms with Gasteiger partial charge in [-0.25, -0.2) is 0 Å². The number of amides is 2. The highest BCUT2D eigenvalue weighted by Gasteiger charge is 2.10. The zero-order valence-electron chi connectivity index (χ0n) is 13.1. The van der Waals surface area contributed by atoms with Gasteiger partial charge in [-0.3, -0.25) is 30.6 Å². The molecule has 0 aromatic heterocycles. The molecule has 0 spiro atoms. The lowest BCUT2D eigenvalue weighted by Crippen LogP contribution is -2.43. The minimum atomic E-state index is -0.571. The van der Waals surface area contributed by atoms with Crippen molar-refractivity contribution < 1.29 is 19.2 Å². The summed E-state index contributed by atoms with van der Waals surface area (Å²) in [5.74, 6) is -0.739. The number of rotatable bonds is 5. The molecular weight excluding hydrogens is 394 g/mol. The van der Waals surface area contributed by atoms with Crippen LogP contribution in [0.3, 0.4) is 0 Å². The van der Waals surface area contributed by atoms with Gasteiger partial charge in [-0.05, 0) is 36.8 Å². The number of carbonyl (C=O) groups excluding carboxylic acids is 2. The lowest BCUT2D eigenvalue weighted by molar-refractivity contribution is -0.384. The van der Waals surface area contributed by atoms with E-state index in [1.54, 1.807) is 18.2 Å². The van der Waals surface area contributed by atoms with E-state index in [1.807, 2.05) is 6.92 Å². The number of nitro groups is 1. The van der Waals surface area contributed by atoms with Gasteiger partial charge in [0.05, 0.1) is 4.92 Å². The highest BCUT2D eigenvalue weighted by atomic mass is 79.9. The summed E-state index contributed by atoms with van der Waals surface area (Å²) in [6.07, 6.45) is 0. The van der Waals surface area contributed by atoms with E-state index in [0.717, 1.165) is 10.0 Å². The van der Waals surface area contributed by atoms with E-state index >= 15 is 0 Å². The second-order valence-electron chi connectivity index (χ2n) is 5.01. The highest BCUT2D eigenvalue weighted by molar-refractivity contribution is 9.10. The van der Waals surface area contributed by atoms with Crippen LogP contribution in [0.25, 0.3) is 0 Å². The summed E-state index contributed by atoms with van der Waals surface area (Å²) in [5, 5.41) is 10.5. The fourth-order valence-electron chi connectivity index (χ4n) is 1.78. The largest absolute Gasteiger partial charge is 0.484 e. The van der Waals surface area contributed by atoms with Gasteiger partial charge in [0, 0.05) is 22.2 Å². The van der Waals surface area contributed by atoms with Crippen molar-refractivity contribution in [2.75, 3.05) is 6.61 Å². The summed E-state index contributed by atoms with van der Waals surface area (Å²) in [5.41, 5.74) is 5.80. The number of hydrogen-bond donors (Lipinski definition) is 2. The van der Waals surface area contributed by atoms with Crippen molar-refractivity contribution in [3.8, 4) is 5.75 Å². The van der Waals surface area contributed by atoms with Gasteiger partial charge in [0.2, 0.25) is 0 Å². The molecule has 0 unspecified atom stereocenters. The molecule has 2 aromatic carbocycles. The summed E-state index contributed by atoms with van der Waals surface area (Å²) in [6.45, 7) is 1.54. The molecule has 2 rings (SSSR count). The Kier molecular flexibility index (Phi) is 6.07. The van der Waals surface area contributed by atoms with Crippen molar-refractivity contribution >= 4 is 33.4 Å². The second-order valence-corrected chi connectivity index (χ2v) is 5.86. The van der Waals surface area contributed by atoms with Crippen LogP contribution in [0.1, 0.15) is 15.9 Å². The third-order valence-electron chi connectivity index (χ3n) is 3.17. The van der Waals surface area contributed by atoms with E-state index < -0.39 is 16.7 Å². The normalized spacial score (nSPS) is 10.0. The Bertz CT molecular complexity index is 808. The molecule has 130 valence electrons. The molecule has 0 radical (unpaired) electrons. The van der Waals surface area contributed by atoms with Gasteiger partial charge < -0.3 is 4.74 Å². The maximum Gasteiger partial charge on any atom is 0.276 e. The van der Waals surface area contributed by atoms with Gasteiger partial charge >= 0.3 is 0 Å². The molecule has 0 fully saturated rings. The molecule has 0 saturated carbocycles. The van der Waals surface area contributed by atoms with Crippen molar-refractivity contribution in [1.82, 2.24) is 10.9 Å². The first-order valence-corrected chi connectivity index (χ1v) is 7.88. The second kappa shape index (κ2) is 8.25. The number of hydrogen-bond acceptors (Lipinski definition) is 5. The first-order chi connectivity index (χ1) is 11.9. The summed E-state index contributed by atoms with van der Waals surface area (Å²) in [6, 6.07) is 10.4. The van der Waals surface area contributed by atoms with Crippen molar-refractivity contribution in [2.24, 2.45) is 0 Å². The van der Waals surface area contributed by atoms with E-state index in [-0.39, 0.29) is 12.3 Å². The first-order valence-electron chi connectivity index (χ1n) is 7.09. The van der Waals surface area contributed by atoms with Crippen LogP contribution in [0.5, 0.6) is 5.75 Å². The van der Waals surface area contributed by atoms with Gasteiger partial charge in [-0.15, -0.1) is 0 Å². The zero-order chi connectivity index (χ0) is 18.4. The van der Waals surface area contributed by atoms with Crippen LogP contribution in [-0.2, 0) is 4.79 Å². The Morgan fingerprint density at radius 3 is 2.44 bits per heavy atom. The number of hydrazine groups is 1. The fourth-order valence-corrected chi connectivity index (χ4v) is 2.16. The van der Waals surface area contributed by atoms with Gasteiger partial charge in [-0.2, -0.15) is 0 Å². The molecular formula is C16H14BrN3O5. The molecule has 0 aliphatic heterocycles. The highest BCUT2D eigenvalue weighted by Crippen LogP contribution is 2.18. The molecule has 0 aliphatic rings. The number of ether oxygens (including phenoxy) is 1. The molecule has 8 nitrogen and oxygen atoms in total. The van der Waals surface area contributed by atoms with E-state index in [2.05, 4.69) is 26.8 Å². The third-order valence-corrected chi connectivity index (χ3v) is 4.02. The Hall–Kier alpha value is -2.94. The minimum Gasteiger partial charge on any atom is -0.484 e. The molecule has 0 heterocycles. The van der Waals surface area contributed by atoms with Gasteiger partial charge in [-0.1, -0.05) is 22.0 Å². The molecule has 0 bridgehead atoms. The van der Waals surface area contributed by atoms with Gasteiger partial charge in [0.25, 0.3) is 17.5 Å².